The first-order chi connectivity index (χ1) is 9.13. The molecule has 1 aromatic heterocycles. The predicted molar refractivity (Wildman–Crippen MR) is 72.9 cm³/mol. The van der Waals surface area contributed by atoms with Crippen molar-refractivity contribution in [1.29, 1.82) is 0 Å². The second-order valence-corrected chi connectivity index (χ2v) is 6.39. The van der Waals surface area contributed by atoms with Gasteiger partial charge in [0.15, 0.2) is 5.13 Å². The summed E-state index contributed by atoms with van der Waals surface area (Å²) in [6.07, 6.45) is 3.78. The lowest BCUT2D eigenvalue weighted by Gasteiger charge is -2.27. The van der Waals surface area contributed by atoms with E-state index in [4.69, 9.17) is 9.84 Å². The molecule has 3 rings (SSSR count). The molecule has 2 heterocycles. The van der Waals surface area contributed by atoms with Gasteiger partial charge in [-0.05, 0) is 32.6 Å². The van der Waals surface area contributed by atoms with Gasteiger partial charge in [-0.2, -0.15) is 0 Å². The lowest BCUT2D eigenvalue weighted by Crippen LogP contribution is -2.32. The van der Waals surface area contributed by atoms with Crippen LogP contribution in [-0.2, 0) is 16.0 Å². The third-order valence-corrected chi connectivity index (χ3v) is 4.89. The quantitative estimate of drug-likeness (QED) is 0.889. The average molecular weight is 282 g/mol. The summed E-state index contributed by atoms with van der Waals surface area (Å²) in [5, 5.41) is 13.5. The maximum Gasteiger partial charge on any atom is 0.312 e. The van der Waals surface area contributed by atoms with Gasteiger partial charge in [-0.15, -0.1) is 11.3 Å². The molecule has 1 saturated heterocycles. The number of fused-ring (bicyclic) bond motifs is 1. The van der Waals surface area contributed by atoms with Crippen LogP contribution in [0.3, 0.4) is 0 Å². The van der Waals surface area contributed by atoms with Gasteiger partial charge in [-0.25, -0.2) is 4.98 Å². The number of hydrogen-bond acceptors (Lipinski definition) is 5. The van der Waals surface area contributed by atoms with Crippen LogP contribution in [-0.4, -0.2) is 34.8 Å². The van der Waals surface area contributed by atoms with E-state index >= 15 is 0 Å². The molecule has 2 aliphatic rings. The van der Waals surface area contributed by atoms with E-state index in [0.29, 0.717) is 12.5 Å². The highest BCUT2D eigenvalue weighted by Gasteiger charge is 2.32. The van der Waals surface area contributed by atoms with Crippen molar-refractivity contribution < 1.29 is 14.6 Å². The summed E-state index contributed by atoms with van der Waals surface area (Å²) < 4.78 is 5.52. The van der Waals surface area contributed by atoms with Crippen LogP contribution in [0.4, 0.5) is 5.13 Å². The smallest absolute Gasteiger partial charge is 0.312 e. The predicted octanol–water partition coefficient (Wildman–Crippen LogP) is 2.24. The Balaban J connectivity index is 1.70. The Morgan fingerprint density at radius 2 is 2.37 bits per heavy atom. The van der Waals surface area contributed by atoms with Crippen LogP contribution in [0.25, 0.3) is 0 Å². The molecule has 0 amide bonds. The standard InChI is InChI=1S/C13H18N2O3S/c1-7-6-8(4-5-18-7)14-13-15-11-9(12(16)17)2-3-10(11)19-13/h7-9H,2-6H2,1H3,(H,14,15)(H,16,17). The highest BCUT2D eigenvalue weighted by Crippen LogP contribution is 2.38. The van der Waals surface area contributed by atoms with Gasteiger partial charge in [0.25, 0.3) is 0 Å². The molecule has 0 radical (unpaired) electrons. The molecule has 0 saturated carbocycles. The Bertz CT molecular complexity index is 488. The summed E-state index contributed by atoms with van der Waals surface area (Å²) in [4.78, 5) is 16.8. The van der Waals surface area contributed by atoms with Gasteiger partial charge in [0.05, 0.1) is 11.8 Å². The number of thiazole rings is 1. The van der Waals surface area contributed by atoms with E-state index in [0.717, 1.165) is 41.6 Å². The first-order valence-electron chi connectivity index (χ1n) is 6.74. The van der Waals surface area contributed by atoms with Crippen molar-refractivity contribution in [3.8, 4) is 0 Å². The highest BCUT2D eigenvalue weighted by molar-refractivity contribution is 7.15. The van der Waals surface area contributed by atoms with Gasteiger partial charge >= 0.3 is 5.97 Å². The van der Waals surface area contributed by atoms with Crippen molar-refractivity contribution >= 4 is 22.4 Å². The zero-order chi connectivity index (χ0) is 13.4. The van der Waals surface area contributed by atoms with Crippen molar-refractivity contribution in [2.75, 3.05) is 11.9 Å². The Kier molecular flexibility index (Phi) is 3.45. The number of nitrogens with zero attached hydrogens (tertiary/aromatic N) is 1. The average Bonchev–Trinajstić information content (AvgIpc) is 2.87. The SMILES string of the molecule is CC1CC(Nc2nc3c(s2)CCC3C(=O)O)CCO1. The summed E-state index contributed by atoms with van der Waals surface area (Å²) in [5.74, 6) is -1.16. The first-order valence-corrected chi connectivity index (χ1v) is 7.55. The summed E-state index contributed by atoms with van der Waals surface area (Å²) in [7, 11) is 0. The van der Waals surface area contributed by atoms with Crippen molar-refractivity contribution in [2.45, 2.75) is 50.7 Å². The van der Waals surface area contributed by atoms with Gasteiger partial charge in [-0.3, -0.25) is 4.79 Å². The summed E-state index contributed by atoms with van der Waals surface area (Å²) in [5.41, 5.74) is 0.778. The molecular weight excluding hydrogens is 264 g/mol. The number of anilines is 1. The number of carbonyl (C=O) groups is 1. The third-order valence-electron chi connectivity index (χ3n) is 3.83. The Labute approximate surface area is 116 Å². The minimum atomic E-state index is -0.754. The van der Waals surface area contributed by atoms with E-state index in [2.05, 4.69) is 17.2 Å². The van der Waals surface area contributed by atoms with Crippen molar-refractivity contribution in [3.05, 3.63) is 10.6 Å². The number of ether oxygens (including phenoxy) is 1. The van der Waals surface area contributed by atoms with Gasteiger partial charge in [0.1, 0.15) is 5.92 Å². The molecule has 1 fully saturated rings. The van der Waals surface area contributed by atoms with Gasteiger partial charge in [0.2, 0.25) is 0 Å². The van der Waals surface area contributed by atoms with Crippen LogP contribution >= 0.6 is 11.3 Å². The molecule has 0 bridgehead atoms. The van der Waals surface area contributed by atoms with Crippen LogP contribution in [0.2, 0.25) is 0 Å². The topological polar surface area (TPSA) is 71.5 Å². The van der Waals surface area contributed by atoms with Crippen LogP contribution < -0.4 is 5.32 Å². The third kappa shape index (κ3) is 2.60. The molecular formula is C13H18N2O3S. The minimum Gasteiger partial charge on any atom is -0.481 e. The summed E-state index contributed by atoms with van der Waals surface area (Å²) in [6, 6.07) is 0.387. The lowest BCUT2D eigenvalue weighted by atomic mass is 10.1. The molecule has 0 spiro atoms. The summed E-state index contributed by atoms with van der Waals surface area (Å²) >= 11 is 1.61. The van der Waals surface area contributed by atoms with Crippen LogP contribution in [0.5, 0.6) is 0 Å². The molecule has 1 aliphatic heterocycles. The van der Waals surface area contributed by atoms with Crippen LogP contribution in [0, 0.1) is 0 Å². The number of hydrogen-bond donors (Lipinski definition) is 2. The number of aromatic nitrogens is 1. The Morgan fingerprint density at radius 1 is 1.53 bits per heavy atom. The fourth-order valence-corrected chi connectivity index (χ4v) is 3.95. The van der Waals surface area contributed by atoms with E-state index < -0.39 is 11.9 Å². The number of aliphatic carboxylic acids is 1. The maximum absolute atomic E-state index is 11.1. The Hall–Kier alpha value is -1.14. The first kappa shape index (κ1) is 12.9. The zero-order valence-corrected chi connectivity index (χ0v) is 11.7. The minimum absolute atomic E-state index is 0.282. The Morgan fingerprint density at radius 3 is 3.11 bits per heavy atom. The van der Waals surface area contributed by atoms with Crippen molar-refractivity contribution in [3.63, 3.8) is 0 Å². The van der Waals surface area contributed by atoms with E-state index in [-0.39, 0.29) is 6.10 Å². The summed E-state index contributed by atoms with van der Waals surface area (Å²) in [6.45, 7) is 2.86. The zero-order valence-electron chi connectivity index (χ0n) is 10.9. The van der Waals surface area contributed by atoms with Gasteiger partial charge in [-0.1, -0.05) is 0 Å². The number of rotatable bonds is 3. The second kappa shape index (κ2) is 5.09. The van der Waals surface area contributed by atoms with E-state index in [9.17, 15) is 4.79 Å². The fourth-order valence-electron chi connectivity index (χ4n) is 2.83. The van der Waals surface area contributed by atoms with E-state index in [1.54, 1.807) is 11.3 Å². The van der Waals surface area contributed by atoms with E-state index in [1.807, 2.05) is 0 Å². The van der Waals surface area contributed by atoms with Crippen LogP contribution in [0.15, 0.2) is 0 Å². The van der Waals surface area contributed by atoms with Crippen LogP contribution in [0.1, 0.15) is 42.7 Å². The molecule has 104 valence electrons. The monoisotopic (exact) mass is 282 g/mol. The van der Waals surface area contributed by atoms with E-state index in [1.165, 1.54) is 0 Å². The molecule has 0 aromatic carbocycles. The van der Waals surface area contributed by atoms with Gasteiger partial charge < -0.3 is 15.2 Å². The molecule has 1 aliphatic carbocycles. The lowest BCUT2D eigenvalue weighted by molar-refractivity contribution is -0.138. The highest BCUT2D eigenvalue weighted by atomic mass is 32.1. The molecule has 3 unspecified atom stereocenters. The number of aryl methyl sites for hydroxylation is 1. The second-order valence-electron chi connectivity index (χ2n) is 5.30. The maximum atomic E-state index is 11.1. The fraction of sp³-hybridized carbons (Fsp3) is 0.692. The molecule has 3 atom stereocenters. The molecule has 6 heteroatoms. The number of carboxylic acids is 1. The largest absolute Gasteiger partial charge is 0.481 e. The van der Waals surface area contributed by atoms with Gasteiger partial charge in [0, 0.05) is 17.5 Å². The molecule has 19 heavy (non-hydrogen) atoms. The van der Waals surface area contributed by atoms with Crippen molar-refractivity contribution in [2.24, 2.45) is 0 Å². The number of carboxylic acid groups (broad SMARTS) is 1. The number of nitrogens with one attached hydrogen (secondary N) is 1. The molecule has 1 aromatic rings. The normalized spacial score (nSPS) is 30.1. The van der Waals surface area contributed by atoms with Crippen molar-refractivity contribution in [1.82, 2.24) is 4.98 Å². The molecule has 2 N–H and O–H groups in total. The molecule has 5 nitrogen and oxygen atoms in total.